The molecule has 2 saturated heterocycles. The zero-order chi connectivity index (χ0) is 13.3. The Hall–Kier alpha value is -0.520. The molecule has 2 atom stereocenters. The summed E-state index contributed by atoms with van der Waals surface area (Å²) in [7, 11) is 2.01. The highest BCUT2D eigenvalue weighted by molar-refractivity contribution is 7.99. The molecule has 0 amide bonds. The lowest BCUT2D eigenvalue weighted by atomic mass is 9.88. The minimum atomic E-state index is 0.447. The van der Waals surface area contributed by atoms with E-state index >= 15 is 0 Å². The monoisotopic (exact) mass is 280 g/mol. The molecule has 0 aromatic carbocycles. The second-order valence-electron chi connectivity index (χ2n) is 6.25. The van der Waals surface area contributed by atoms with Gasteiger partial charge >= 0.3 is 0 Å². The molecule has 0 radical (unpaired) electrons. The summed E-state index contributed by atoms with van der Waals surface area (Å²) in [6, 6.07) is 0.546. The molecule has 0 spiro atoms. The van der Waals surface area contributed by atoms with Gasteiger partial charge in [0, 0.05) is 56.0 Å². The van der Waals surface area contributed by atoms with Gasteiger partial charge in [-0.1, -0.05) is 6.92 Å². The molecule has 2 unspecified atom stereocenters. The fourth-order valence-corrected chi connectivity index (χ4v) is 4.40. The maximum atomic E-state index is 4.34. The average Bonchev–Trinajstić information content (AvgIpc) is 2.99. The van der Waals surface area contributed by atoms with Gasteiger partial charge in [0.25, 0.3) is 0 Å². The molecule has 0 bridgehead atoms. The van der Waals surface area contributed by atoms with Crippen molar-refractivity contribution >= 4 is 11.8 Å². The van der Waals surface area contributed by atoms with E-state index in [9.17, 15) is 0 Å². The van der Waals surface area contributed by atoms with Crippen LogP contribution in [0.5, 0.6) is 0 Å². The minimum absolute atomic E-state index is 0.447. The van der Waals surface area contributed by atoms with Gasteiger partial charge in [0.1, 0.15) is 0 Å². The molecule has 2 aliphatic rings. The topological polar surface area (TPSA) is 33.1 Å². The van der Waals surface area contributed by atoms with Crippen LogP contribution in [0.2, 0.25) is 0 Å². The zero-order valence-electron chi connectivity index (χ0n) is 11.9. The van der Waals surface area contributed by atoms with Gasteiger partial charge < -0.3 is 5.32 Å². The average molecular weight is 280 g/mol. The number of aryl methyl sites for hydroxylation is 1. The maximum Gasteiger partial charge on any atom is 0.0537 e. The van der Waals surface area contributed by atoms with Crippen LogP contribution in [0.15, 0.2) is 12.4 Å². The predicted molar refractivity (Wildman–Crippen MR) is 80.4 cm³/mol. The molecule has 1 aromatic heterocycles. The molecular weight excluding hydrogens is 256 g/mol. The summed E-state index contributed by atoms with van der Waals surface area (Å²) in [5, 5.41) is 7.86. The molecule has 4 nitrogen and oxygen atoms in total. The van der Waals surface area contributed by atoms with Crippen molar-refractivity contribution in [1.29, 1.82) is 0 Å². The molecule has 5 heteroatoms. The van der Waals surface area contributed by atoms with Crippen molar-refractivity contribution in [3.8, 4) is 0 Å². The first-order chi connectivity index (χ1) is 9.16. The molecule has 19 heavy (non-hydrogen) atoms. The molecule has 1 N–H and O–H groups in total. The van der Waals surface area contributed by atoms with E-state index in [1.165, 1.54) is 43.1 Å². The molecule has 1 aromatic rings. The van der Waals surface area contributed by atoms with E-state index in [0.29, 0.717) is 11.5 Å². The zero-order valence-corrected chi connectivity index (χ0v) is 12.7. The Morgan fingerprint density at radius 1 is 1.58 bits per heavy atom. The lowest BCUT2D eigenvalue weighted by Gasteiger charge is -2.39. The molecule has 3 heterocycles. The number of hydrogen-bond donors (Lipinski definition) is 1. The van der Waals surface area contributed by atoms with Crippen LogP contribution in [-0.4, -0.2) is 52.4 Å². The Balaban J connectivity index is 1.73. The second-order valence-corrected chi connectivity index (χ2v) is 7.40. The highest BCUT2D eigenvalue weighted by Gasteiger charge is 2.34. The molecule has 2 aliphatic heterocycles. The number of thioether (sulfide) groups is 1. The van der Waals surface area contributed by atoms with Crippen molar-refractivity contribution < 1.29 is 0 Å². The van der Waals surface area contributed by atoms with Crippen molar-refractivity contribution in [3.63, 3.8) is 0 Å². The highest BCUT2D eigenvalue weighted by Crippen LogP contribution is 2.34. The van der Waals surface area contributed by atoms with E-state index in [1.54, 1.807) is 0 Å². The second kappa shape index (κ2) is 5.46. The molecule has 106 valence electrons. The minimum Gasteiger partial charge on any atom is -0.316 e. The third-order valence-corrected chi connectivity index (χ3v) is 5.41. The lowest BCUT2D eigenvalue weighted by Crippen LogP contribution is -2.43. The summed E-state index contributed by atoms with van der Waals surface area (Å²) in [5.74, 6) is 2.47. The molecule has 2 fully saturated rings. The van der Waals surface area contributed by atoms with E-state index in [0.717, 1.165) is 6.54 Å². The van der Waals surface area contributed by atoms with E-state index in [4.69, 9.17) is 0 Å². The first-order valence-corrected chi connectivity index (χ1v) is 8.33. The number of nitrogens with zero attached hydrogens (tertiary/aromatic N) is 3. The normalized spacial score (nSPS) is 32.8. The van der Waals surface area contributed by atoms with E-state index < -0.39 is 0 Å². The van der Waals surface area contributed by atoms with Crippen molar-refractivity contribution in [2.45, 2.75) is 19.4 Å². The molecule has 0 saturated carbocycles. The standard InChI is InChI=1S/C14H24N4S/c1-14(3-4-15-10-14)11-18-5-6-19-9-13(18)12-7-16-17(2)8-12/h7-8,13,15H,3-6,9-11H2,1-2H3. The van der Waals surface area contributed by atoms with Gasteiger partial charge in [0.05, 0.1) is 6.20 Å². The number of aromatic nitrogens is 2. The third-order valence-electron chi connectivity index (χ3n) is 4.39. The van der Waals surface area contributed by atoms with E-state index in [2.05, 4.69) is 40.2 Å². The largest absolute Gasteiger partial charge is 0.316 e. The summed E-state index contributed by atoms with van der Waals surface area (Å²) in [6.07, 6.45) is 5.52. The maximum absolute atomic E-state index is 4.34. The smallest absolute Gasteiger partial charge is 0.0537 e. The van der Waals surface area contributed by atoms with Crippen LogP contribution in [0.3, 0.4) is 0 Å². The van der Waals surface area contributed by atoms with Gasteiger partial charge in [-0.05, 0) is 18.4 Å². The van der Waals surface area contributed by atoms with Crippen LogP contribution in [-0.2, 0) is 7.05 Å². The SMILES string of the molecule is Cn1cc(C2CSCCN2CC2(C)CCNC2)cn1. The van der Waals surface area contributed by atoms with Crippen molar-refractivity contribution in [3.05, 3.63) is 18.0 Å². The number of nitrogens with one attached hydrogen (secondary N) is 1. The third kappa shape index (κ3) is 2.98. The summed E-state index contributed by atoms with van der Waals surface area (Å²) < 4.78 is 1.92. The Labute approximate surface area is 119 Å². The molecule has 3 rings (SSSR count). The number of hydrogen-bond acceptors (Lipinski definition) is 4. The van der Waals surface area contributed by atoms with Crippen LogP contribution in [0, 0.1) is 5.41 Å². The van der Waals surface area contributed by atoms with Gasteiger partial charge in [0.2, 0.25) is 0 Å². The van der Waals surface area contributed by atoms with Crippen molar-refractivity contribution in [1.82, 2.24) is 20.0 Å². The fraction of sp³-hybridized carbons (Fsp3) is 0.786. The molecule has 0 aliphatic carbocycles. The van der Waals surface area contributed by atoms with Gasteiger partial charge in [-0.2, -0.15) is 16.9 Å². The Bertz CT molecular complexity index is 425. The predicted octanol–water partition coefficient (Wildman–Crippen LogP) is 1.51. The Morgan fingerprint density at radius 2 is 2.47 bits per heavy atom. The van der Waals surface area contributed by atoms with Gasteiger partial charge in [-0.25, -0.2) is 0 Å². The van der Waals surface area contributed by atoms with Crippen LogP contribution < -0.4 is 5.32 Å². The molecular formula is C14H24N4S. The summed E-state index contributed by atoms with van der Waals surface area (Å²) in [6.45, 7) is 7.18. The van der Waals surface area contributed by atoms with E-state index in [1.807, 2.05) is 17.9 Å². The highest BCUT2D eigenvalue weighted by atomic mass is 32.2. The summed E-state index contributed by atoms with van der Waals surface area (Å²) in [5.41, 5.74) is 1.83. The van der Waals surface area contributed by atoms with Crippen LogP contribution in [0.4, 0.5) is 0 Å². The lowest BCUT2D eigenvalue weighted by molar-refractivity contribution is 0.143. The van der Waals surface area contributed by atoms with Gasteiger partial charge in [-0.15, -0.1) is 0 Å². The Morgan fingerprint density at radius 3 is 3.16 bits per heavy atom. The van der Waals surface area contributed by atoms with E-state index in [-0.39, 0.29) is 0 Å². The van der Waals surface area contributed by atoms with Crippen molar-refractivity contribution in [2.75, 3.05) is 37.7 Å². The van der Waals surface area contributed by atoms with Crippen LogP contribution >= 0.6 is 11.8 Å². The quantitative estimate of drug-likeness (QED) is 0.910. The van der Waals surface area contributed by atoms with Crippen LogP contribution in [0.25, 0.3) is 0 Å². The van der Waals surface area contributed by atoms with Crippen LogP contribution in [0.1, 0.15) is 24.9 Å². The summed E-state index contributed by atoms with van der Waals surface area (Å²) >= 11 is 2.07. The first-order valence-electron chi connectivity index (χ1n) is 7.17. The van der Waals surface area contributed by atoms with Gasteiger partial charge in [0.15, 0.2) is 0 Å². The summed E-state index contributed by atoms with van der Waals surface area (Å²) in [4.78, 5) is 2.68. The van der Waals surface area contributed by atoms with Crippen molar-refractivity contribution in [2.24, 2.45) is 12.5 Å². The number of rotatable bonds is 3. The van der Waals surface area contributed by atoms with Gasteiger partial charge in [-0.3, -0.25) is 9.58 Å². The first kappa shape index (κ1) is 13.5. The Kier molecular flexibility index (Phi) is 3.87. The fourth-order valence-electron chi connectivity index (χ4n) is 3.24.